The topological polar surface area (TPSA) is 50.3 Å². The van der Waals surface area contributed by atoms with Crippen molar-refractivity contribution in [1.82, 2.24) is 15.1 Å². The van der Waals surface area contributed by atoms with E-state index in [9.17, 15) is 30.7 Å². The van der Waals surface area contributed by atoms with Crippen LogP contribution in [0.2, 0.25) is 0 Å². The molecule has 2 atom stereocenters. The maximum atomic E-state index is 14.3. The van der Waals surface area contributed by atoms with Crippen LogP contribution in [0.5, 0.6) is 0 Å². The normalized spacial score (nSPS) is 25.4. The van der Waals surface area contributed by atoms with Crippen LogP contribution in [0.15, 0.2) is 24.3 Å². The predicted molar refractivity (Wildman–Crippen MR) is 121 cm³/mol. The van der Waals surface area contributed by atoms with E-state index in [4.69, 9.17) is 4.74 Å². The highest BCUT2D eigenvalue weighted by Gasteiger charge is 2.43. The van der Waals surface area contributed by atoms with Gasteiger partial charge >= 0.3 is 12.4 Å². The van der Waals surface area contributed by atoms with E-state index in [2.05, 4.69) is 20.4 Å². The number of nitrogens with zero attached hydrogens (tertiary/aromatic N) is 3. The Bertz CT molecular complexity index is 1100. The molecule has 5 rings (SSSR count). The summed E-state index contributed by atoms with van der Waals surface area (Å²) in [7, 11) is 0. The Kier molecular flexibility index (Phi) is 7.08. The highest BCUT2D eigenvalue weighted by atomic mass is 19.4. The number of rotatable bonds is 5. The number of halogens is 7. The molecule has 0 bridgehead atoms. The highest BCUT2D eigenvalue weighted by molar-refractivity contribution is 5.64. The molecular formula is C25H27F7N4O. The summed E-state index contributed by atoms with van der Waals surface area (Å²) in [6.45, 7) is 4.42. The van der Waals surface area contributed by atoms with Crippen LogP contribution < -0.4 is 5.32 Å². The molecule has 2 unspecified atom stereocenters. The van der Waals surface area contributed by atoms with Gasteiger partial charge in [0.1, 0.15) is 11.4 Å². The first kappa shape index (κ1) is 26.1. The zero-order valence-electron chi connectivity index (χ0n) is 19.9. The van der Waals surface area contributed by atoms with Crippen LogP contribution in [0.25, 0.3) is 11.3 Å². The Balaban J connectivity index is 1.29. The minimum Gasteiger partial charge on any atom is -0.381 e. The molecule has 1 aromatic heterocycles. The van der Waals surface area contributed by atoms with E-state index >= 15 is 0 Å². The fourth-order valence-electron chi connectivity index (χ4n) is 5.90. The van der Waals surface area contributed by atoms with E-state index in [1.165, 1.54) is 0 Å². The molecule has 2 saturated heterocycles. The lowest BCUT2D eigenvalue weighted by atomic mass is 10.00. The summed E-state index contributed by atoms with van der Waals surface area (Å²) in [5, 5.41) is 10.2. The molecule has 1 aromatic carbocycles. The van der Waals surface area contributed by atoms with Gasteiger partial charge in [-0.2, -0.15) is 26.3 Å². The fraction of sp³-hybridized carbons (Fsp3) is 0.600. The number of alkyl halides is 6. The lowest BCUT2D eigenvalue weighted by Crippen LogP contribution is -2.32. The van der Waals surface area contributed by atoms with Gasteiger partial charge in [-0.15, -0.1) is 10.2 Å². The average Bonchev–Trinajstić information content (AvgIpc) is 3.37. The molecule has 0 amide bonds. The molecule has 3 fully saturated rings. The number of ether oxygens (including phenoxy) is 1. The van der Waals surface area contributed by atoms with Crippen molar-refractivity contribution in [3.05, 3.63) is 41.2 Å². The largest absolute Gasteiger partial charge is 0.420 e. The van der Waals surface area contributed by atoms with E-state index in [0.717, 1.165) is 45.7 Å². The molecule has 12 heteroatoms. The van der Waals surface area contributed by atoms with Crippen LogP contribution in [-0.2, 0) is 17.1 Å². The van der Waals surface area contributed by atoms with Gasteiger partial charge < -0.3 is 15.0 Å². The van der Waals surface area contributed by atoms with Crippen molar-refractivity contribution in [3.63, 3.8) is 0 Å². The minimum absolute atomic E-state index is 0.230. The Morgan fingerprint density at radius 3 is 2.22 bits per heavy atom. The maximum absolute atomic E-state index is 14.3. The smallest absolute Gasteiger partial charge is 0.381 e. The second-order valence-corrected chi connectivity index (χ2v) is 10.3. The molecule has 37 heavy (non-hydrogen) atoms. The maximum Gasteiger partial charge on any atom is 0.420 e. The van der Waals surface area contributed by atoms with Crippen molar-refractivity contribution in [2.75, 3.05) is 38.2 Å². The Morgan fingerprint density at radius 2 is 1.59 bits per heavy atom. The molecule has 1 aliphatic carbocycles. The minimum atomic E-state index is -4.86. The van der Waals surface area contributed by atoms with Crippen molar-refractivity contribution in [2.24, 2.45) is 17.8 Å². The molecule has 1 N–H and O–H groups in total. The van der Waals surface area contributed by atoms with Crippen molar-refractivity contribution in [2.45, 2.75) is 44.1 Å². The molecule has 1 saturated carbocycles. The molecule has 202 valence electrons. The number of likely N-dealkylation sites (tertiary alicyclic amines) is 1. The van der Waals surface area contributed by atoms with Gasteiger partial charge in [0.25, 0.3) is 0 Å². The number of benzene rings is 1. The van der Waals surface area contributed by atoms with Crippen LogP contribution in [-0.4, -0.2) is 54.0 Å². The van der Waals surface area contributed by atoms with E-state index in [1.807, 2.05) is 0 Å². The SMILES string of the molecule is Fc1ccc(C(F)(F)F)cc1-c1cc(C(F)(F)F)c(NC2CC3CN(CC4CCOCC4)CC3C2)nn1. The second-order valence-electron chi connectivity index (χ2n) is 10.3. The van der Waals surface area contributed by atoms with Crippen LogP contribution >= 0.6 is 0 Å². The van der Waals surface area contributed by atoms with Crippen LogP contribution in [0.1, 0.15) is 36.8 Å². The van der Waals surface area contributed by atoms with E-state index in [-0.39, 0.29) is 6.04 Å². The summed E-state index contributed by atoms with van der Waals surface area (Å²) in [4.78, 5) is 2.45. The van der Waals surface area contributed by atoms with Gasteiger partial charge in [0, 0.05) is 44.5 Å². The zero-order chi connectivity index (χ0) is 26.4. The third-order valence-corrected chi connectivity index (χ3v) is 7.69. The number of nitrogens with one attached hydrogen (secondary N) is 1. The number of anilines is 1. The zero-order valence-corrected chi connectivity index (χ0v) is 19.9. The molecule has 0 radical (unpaired) electrons. The molecule has 0 spiro atoms. The van der Waals surface area contributed by atoms with Crippen LogP contribution in [0, 0.1) is 23.6 Å². The third kappa shape index (κ3) is 5.84. The summed E-state index contributed by atoms with van der Waals surface area (Å²) in [6, 6.07) is 1.85. The Morgan fingerprint density at radius 1 is 0.919 bits per heavy atom. The number of fused-ring (bicyclic) bond motifs is 1. The van der Waals surface area contributed by atoms with Crippen molar-refractivity contribution < 1.29 is 35.5 Å². The van der Waals surface area contributed by atoms with Crippen molar-refractivity contribution >= 4 is 5.82 Å². The summed E-state index contributed by atoms with van der Waals surface area (Å²) >= 11 is 0. The molecular weight excluding hydrogens is 505 g/mol. The van der Waals surface area contributed by atoms with Gasteiger partial charge in [0.15, 0.2) is 5.82 Å². The van der Waals surface area contributed by atoms with Crippen LogP contribution in [0.3, 0.4) is 0 Å². The molecule has 3 aliphatic rings. The third-order valence-electron chi connectivity index (χ3n) is 7.69. The van der Waals surface area contributed by atoms with Gasteiger partial charge in [-0.1, -0.05) is 0 Å². The standard InChI is InChI=1S/C25H27F7N4O/c26-21-2-1-17(24(27,28)29)9-19(21)22-10-20(25(30,31)32)23(35-34-22)33-18-7-15-12-36(13-16(15)8-18)11-14-3-5-37-6-4-14/h1-2,9-10,14-16,18H,3-8,11-13H2,(H,33,35). The monoisotopic (exact) mass is 532 g/mol. The summed E-state index contributed by atoms with van der Waals surface area (Å²) in [5.41, 5.74) is -3.69. The highest BCUT2D eigenvalue weighted by Crippen LogP contribution is 2.42. The summed E-state index contributed by atoms with van der Waals surface area (Å²) < 4.78 is 101. The predicted octanol–water partition coefficient (Wildman–Crippen LogP) is 5.87. The van der Waals surface area contributed by atoms with Crippen molar-refractivity contribution in [1.29, 1.82) is 0 Å². The molecule has 2 aliphatic heterocycles. The van der Waals surface area contributed by atoms with Gasteiger partial charge in [0.05, 0.1) is 11.3 Å². The van der Waals surface area contributed by atoms with Crippen LogP contribution in [0.4, 0.5) is 36.6 Å². The first-order valence-corrected chi connectivity index (χ1v) is 12.4. The van der Waals surface area contributed by atoms with Gasteiger partial charge in [-0.05, 0) is 67.7 Å². The quantitative estimate of drug-likeness (QED) is 0.489. The fourth-order valence-corrected chi connectivity index (χ4v) is 5.90. The number of hydrogen-bond acceptors (Lipinski definition) is 5. The van der Waals surface area contributed by atoms with Gasteiger partial charge in [0.2, 0.25) is 0 Å². The van der Waals surface area contributed by atoms with Gasteiger partial charge in [-0.25, -0.2) is 4.39 Å². The lowest BCUT2D eigenvalue weighted by molar-refractivity contribution is -0.138. The van der Waals surface area contributed by atoms with Crippen molar-refractivity contribution in [3.8, 4) is 11.3 Å². The average molecular weight is 533 g/mol. The Labute approximate surface area is 209 Å². The second kappa shape index (κ2) is 10.0. The Hall–Kier alpha value is -2.47. The van der Waals surface area contributed by atoms with E-state index in [1.54, 1.807) is 0 Å². The first-order valence-electron chi connectivity index (χ1n) is 12.4. The molecule has 2 aromatic rings. The molecule has 3 heterocycles. The summed E-state index contributed by atoms with van der Waals surface area (Å²) in [5.74, 6) is -0.250. The number of aromatic nitrogens is 2. The van der Waals surface area contributed by atoms with E-state index in [0.29, 0.717) is 54.9 Å². The lowest BCUT2D eigenvalue weighted by Gasteiger charge is -2.28. The van der Waals surface area contributed by atoms with Gasteiger partial charge in [-0.3, -0.25) is 0 Å². The number of hydrogen-bond donors (Lipinski definition) is 1. The van der Waals surface area contributed by atoms with E-state index < -0.39 is 46.4 Å². The summed E-state index contributed by atoms with van der Waals surface area (Å²) in [6.07, 6.45) is -6.16. The first-order chi connectivity index (χ1) is 17.5. The molecule has 5 nitrogen and oxygen atoms in total.